The molecule has 2 unspecified atom stereocenters. The van der Waals surface area contributed by atoms with E-state index in [1.54, 1.807) is 0 Å². The van der Waals surface area contributed by atoms with Crippen molar-refractivity contribution >= 4 is 22.2 Å². The summed E-state index contributed by atoms with van der Waals surface area (Å²) in [7, 11) is 1.27. The molecule has 0 heterocycles. The van der Waals surface area contributed by atoms with Crippen LogP contribution in [0.25, 0.3) is 0 Å². The Morgan fingerprint density at radius 3 is 2.29 bits per heavy atom. The Labute approximate surface area is 85.7 Å². The molecule has 0 saturated carbocycles. The predicted molar refractivity (Wildman–Crippen MR) is 47.4 cm³/mol. The Morgan fingerprint density at radius 2 is 1.86 bits per heavy atom. The molecule has 0 aliphatic carbocycles. The molecule has 1 aromatic carbocycles. The Hall–Kier alpha value is -0.760. The molecular formula is C7H6O5S2-2. The quantitative estimate of drug-likeness (QED) is 0.695. The lowest BCUT2D eigenvalue weighted by Crippen LogP contribution is -1.97. The number of hydrogen-bond acceptors (Lipinski definition) is 5. The van der Waals surface area contributed by atoms with E-state index in [9.17, 15) is 17.5 Å². The molecule has 0 fully saturated rings. The van der Waals surface area contributed by atoms with Crippen molar-refractivity contribution in [1.29, 1.82) is 0 Å². The largest absolute Gasteiger partial charge is 0.768 e. The number of hydrogen-bond donors (Lipinski definition) is 0. The fraction of sp³-hybridized carbons (Fsp3) is 0.143. The second kappa shape index (κ2) is 4.65. The molecule has 7 heteroatoms. The molecule has 1 rings (SSSR count). The molecule has 0 aliphatic rings. The van der Waals surface area contributed by atoms with Gasteiger partial charge in [0.15, 0.2) is 0 Å². The fourth-order valence-corrected chi connectivity index (χ4v) is 1.76. The lowest BCUT2D eigenvalue weighted by molar-refractivity contribution is 0.399. The maximum absolute atomic E-state index is 10.6. The summed E-state index contributed by atoms with van der Waals surface area (Å²) < 4.78 is 47.1. The molecule has 1 aromatic rings. The van der Waals surface area contributed by atoms with Crippen molar-refractivity contribution in [1.82, 2.24) is 0 Å². The van der Waals surface area contributed by atoms with Gasteiger partial charge >= 0.3 is 0 Å². The molecule has 0 amide bonds. The zero-order valence-corrected chi connectivity index (χ0v) is 8.72. The molecule has 0 aliphatic heterocycles. The molecule has 5 nitrogen and oxygen atoms in total. The first-order chi connectivity index (χ1) is 6.56. The van der Waals surface area contributed by atoms with E-state index < -0.39 is 22.2 Å². The van der Waals surface area contributed by atoms with Crippen molar-refractivity contribution in [3.8, 4) is 5.75 Å². The van der Waals surface area contributed by atoms with Crippen LogP contribution in [0, 0.1) is 0 Å². The van der Waals surface area contributed by atoms with E-state index in [1.807, 2.05) is 0 Å². The molecule has 2 atom stereocenters. The van der Waals surface area contributed by atoms with Crippen molar-refractivity contribution in [2.45, 2.75) is 9.79 Å². The smallest absolute Gasteiger partial charge is 0.134 e. The Kier molecular flexibility index (Phi) is 3.76. The van der Waals surface area contributed by atoms with Crippen molar-refractivity contribution < 1.29 is 22.3 Å². The average Bonchev–Trinajstić information content (AvgIpc) is 2.16. The minimum absolute atomic E-state index is 0.0139. The summed E-state index contributed by atoms with van der Waals surface area (Å²) in [5, 5.41) is 0. The zero-order chi connectivity index (χ0) is 10.7. The molecule has 0 spiro atoms. The number of benzene rings is 1. The van der Waals surface area contributed by atoms with E-state index in [0.29, 0.717) is 0 Å². The molecule has 0 bridgehead atoms. The third-order valence-corrected chi connectivity index (χ3v) is 2.84. The van der Waals surface area contributed by atoms with Gasteiger partial charge in [0, 0.05) is 4.90 Å². The van der Waals surface area contributed by atoms with E-state index in [2.05, 4.69) is 0 Å². The maximum Gasteiger partial charge on any atom is 0.134 e. The summed E-state index contributed by atoms with van der Waals surface area (Å²) in [6.07, 6.45) is 0. The number of methoxy groups -OCH3 is 1. The van der Waals surface area contributed by atoms with Gasteiger partial charge in [-0.25, -0.2) is 0 Å². The predicted octanol–water partition coefficient (Wildman–Crippen LogP) is 0.171. The molecule has 0 saturated heterocycles. The summed E-state index contributed by atoms with van der Waals surface area (Å²) in [5.41, 5.74) is 0. The topological polar surface area (TPSA) is 89.5 Å². The van der Waals surface area contributed by atoms with E-state index >= 15 is 0 Å². The molecule has 14 heavy (non-hydrogen) atoms. The first-order valence-corrected chi connectivity index (χ1v) is 5.58. The lowest BCUT2D eigenvalue weighted by atomic mass is 10.3. The van der Waals surface area contributed by atoms with Crippen LogP contribution in [0.4, 0.5) is 0 Å². The molecule has 78 valence electrons. The lowest BCUT2D eigenvalue weighted by Gasteiger charge is -2.13. The van der Waals surface area contributed by atoms with Gasteiger partial charge < -0.3 is 13.8 Å². The monoisotopic (exact) mass is 234 g/mol. The van der Waals surface area contributed by atoms with E-state index in [0.717, 1.165) is 6.07 Å². The first kappa shape index (κ1) is 11.3. The molecule has 0 radical (unpaired) electrons. The van der Waals surface area contributed by atoms with Crippen molar-refractivity contribution in [2.75, 3.05) is 7.11 Å². The third kappa shape index (κ3) is 2.38. The van der Waals surface area contributed by atoms with Gasteiger partial charge in [0.1, 0.15) is 5.75 Å². The van der Waals surface area contributed by atoms with Crippen LogP contribution < -0.4 is 4.74 Å². The van der Waals surface area contributed by atoms with Crippen LogP contribution in [0.15, 0.2) is 28.0 Å². The van der Waals surface area contributed by atoms with Crippen LogP contribution >= 0.6 is 0 Å². The summed E-state index contributed by atoms with van der Waals surface area (Å²) in [4.78, 5) is -0.0854. The van der Waals surface area contributed by atoms with Gasteiger partial charge in [-0.15, -0.1) is 0 Å². The van der Waals surface area contributed by atoms with Crippen LogP contribution in [0.1, 0.15) is 0 Å². The normalized spacial score (nSPS) is 14.8. The van der Waals surface area contributed by atoms with E-state index in [-0.39, 0.29) is 15.5 Å². The van der Waals surface area contributed by atoms with Gasteiger partial charge in [0.25, 0.3) is 0 Å². The van der Waals surface area contributed by atoms with Gasteiger partial charge in [-0.3, -0.25) is 8.42 Å². The molecular weight excluding hydrogens is 228 g/mol. The Bertz CT molecular complexity index is 390. The van der Waals surface area contributed by atoms with Crippen LogP contribution in [0.3, 0.4) is 0 Å². The van der Waals surface area contributed by atoms with E-state index in [1.165, 1.54) is 19.2 Å². The highest BCUT2D eigenvalue weighted by Crippen LogP contribution is 2.23. The summed E-state index contributed by atoms with van der Waals surface area (Å²) in [6, 6.07) is 3.51. The summed E-state index contributed by atoms with van der Waals surface area (Å²) in [6.45, 7) is 0. The summed E-state index contributed by atoms with van der Waals surface area (Å²) in [5.74, 6) is 0.0139. The third-order valence-electron chi connectivity index (χ3n) is 1.51. The second-order valence-electron chi connectivity index (χ2n) is 2.28. The minimum atomic E-state index is -2.44. The van der Waals surface area contributed by atoms with Gasteiger partial charge in [-0.2, -0.15) is 0 Å². The average molecular weight is 234 g/mol. The highest BCUT2D eigenvalue weighted by Gasteiger charge is 2.04. The van der Waals surface area contributed by atoms with Gasteiger partial charge in [-0.1, -0.05) is 0 Å². The number of rotatable bonds is 3. The Balaban J connectivity index is 3.25. The SMILES string of the molecule is COc1cc(S(=O)[O-])ccc1S(=O)[O-]. The first-order valence-electron chi connectivity index (χ1n) is 3.43. The van der Waals surface area contributed by atoms with E-state index in [4.69, 9.17) is 4.74 Å². The Morgan fingerprint density at radius 1 is 1.21 bits per heavy atom. The van der Waals surface area contributed by atoms with Crippen molar-refractivity contribution in [3.63, 3.8) is 0 Å². The van der Waals surface area contributed by atoms with Crippen molar-refractivity contribution in [3.05, 3.63) is 18.2 Å². The second-order valence-corrected chi connectivity index (χ2v) is 4.13. The van der Waals surface area contributed by atoms with Crippen LogP contribution in [0.5, 0.6) is 5.75 Å². The van der Waals surface area contributed by atoms with Crippen LogP contribution in [-0.4, -0.2) is 24.6 Å². The van der Waals surface area contributed by atoms with Gasteiger partial charge in [-0.05, 0) is 40.4 Å². The maximum atomic E-state index is 10.6. The zero-order valence-electron chi connectivity index (χ0n) is 7.09. The number of ether oxygens (including phenoxy) is 1. The van der Waals surface area contributed by atoms with Gasteiger partial charge in [0.05, 0.1) is 12.0 Å². The molecule has 0 N–H and O–H groups in total. The van der Waals surface area contributed by atoms with Crippen molar-refractivity contribution in [2.24, 2.45) is 0 Å². The highest BCUT2D eigenvalue weighted by atomic mass is 32.2. The van der Waals surface area contributed by atoms with Gasteiger partial charge in [0.2, 0.25) is 0 Å². The standard InChI is InChI=1S/C7H8O5S2/c1-12-6-4-5(13(8)9)2-3-7(6)14(10)11/h2-4H,1H3,(H,8,9)(H,10,11)/p-2. The minimum Gasteiger partial charge on any atom is -0.768 e. The van der Waals surface area contributed by atoms with Crippen LogP contribution in [-0.2, 0) is 22.2 Å². The highest BCUT2D eigenvalue weighted by molar-refractivity contribution is 7.79. The molecule has 0 aromatic heterocycles. The van der Waals surface area contributed by atoms with Crippen LogP contribution in [0.2, 0.25) is 0 Å². The fourth-order valence-electron chi connectivity index (χ4n) is 0.889. The summed E-state index contributed by atoms with van der Waals surface area (Å²) >= 11 is -4.83.